The quantitative estimate of drug-likeness (QED) is 0.550. The van der Waals surface area contributed by atoms with Gasteiger partial charge in [0.2, 0.25) is 0 Å². The van der Waals surface area contributed by atoms with E-state index in [9.17, 15) is 4.39 Å². The van der Waals surface area contributed by atoms with E-state index in [2.05, 4.69) is 22.0 Å². The SMILES string of the molecule is CC1CCC(c2c(-c3c(F)cccc3Cl)c(Cl)nc3ncnn23)CC1. The summed E-state index contributed by atoms with van der Waals surface area (Å²) in [6.45, 7) is 2.26. The lowest BCUT2D eigenvalue weighted by Gasteiger charge is -2.28. The van der Waals surface area contributed by atoms with Crippen LogP contribution in [0.25, 0.3) is 16.9 Å². The molecule has 1 aliphatic carbocycles. The molecule has 0 N–H and O–H groups in total. The van der Waals surface area contributed by atoms with Crippen molar-refractivity contribution in [2.75, 3.05) is 0 Å². The molecule has 4 nitrogen and oxygen atoms in total. The normalized spacial score (nSPS) is 21.0. The lowest BCUT2D eigenvalue weighted by atomic mass is 9.79. The average molecular weight is 379 g/mol. The van der Waals surface area contributed by atoms with Crippen molar-refractivity contribution in [3.05, 3.63) is 46.2 Å². The van der Waals surface area contributed by atoms with Gasteiger partial charge in [0.25, 0.3) is 5.78 Å². The van der Waals surface area contributed by atoms with Crippen LogP contribution in [-0.4, -0.2) is 19.6 Å². The fourth-order valence-electron chi connectivity index (χ4n) is 3.72. The Morgan fingerprint density at radius 1 is 1.12 bits per heavy atom. The molecule has 0 saturated heterocycles. The highest BCUT2D eigenvalue weighted by molar-refractivity contribution is 6.36. The highest BCUT2D eigenvalue weighted by Crippen LogP contribution is 2.44. The zero-order valence-electron chi connectivity index (χ0n) is 13.7. The number of benzene rings is 1. The van der Waals surface area contributed by atoms with E-state index in [0.717, 1.165) is 31.4 Å². The molecule has 0 unspecified atom stereocenters. The predicted molar refractivity (Wildman–Crippen MR) is 96.6 cm³/mol. The Kier molecular flexibility index (Phi) is 4.38. The van der Waals surface area contributed by atoms with Crippen molar-refractivity contribution >= 4 is 29.0 Å². The molecule has 0 bridgehead atoms. The van der Waals surface area contributed by atoms with Crippen LogP contribution in [0.5, 0.6) is 0 Å². The standard InChI is InChI=1S/C18H17Cl2FN4/c1-10-5-7-11(8-6-10)16-15(14-12(19)3-2-4-13(14)21)17(20)24-18-22-9-23-25(16)18/h2-4,9-11H,5-8H2,1H3. The molecule has 0 atom stereocenters. The van der Waals surface area contributed by atoms with Gasteiger partial charge < -0.3 is 0 Å². The van der Waals surface area contributed by atoms with Gasteiger partial charge in [0.1, 0.15) is 17.3 Å². The van der Waals surface area contributed by atoms with E-state index in [1.54, 1.807) is 16.6 Å². The molecule has 1 aromatic carbocycles. The van der Waals surface area contributed by atoms with Crippen molar-refractivity contribution < 1.29 is 4.39 Å². The van der Waals surface area contributed by atoms with Crippen LogP contribution < -0.4 is 0 Å². The van der Waals surface area contributed by atoms with E-state index in [-0.39, 0.29) is 16.6 Å². The maximum absolute atomic E-state index is 14.6. The van der Waals surface area contributed by atoms with Crippen LogP contribution in [0.3, 0.4) is 0 Å². The van der Waals surface area contributed by atoms with E-state index in [0.29, 0.717) is 22.3 Å². The lowest BCUT2D eigenvalue weighted by molar-refractivity contribution is 0.341. The molecule has 4 rings (SSSR count). The van der Waals surface area contributed by atoms with Gasteiger partial charge in [0.15, 0.2) is 0 Å². The Morgan fingerprint density at radius 3 is 2.60 bits per heavy atom. The van der Waals surface area contributed by atoms with Gasteiger partial charge in [-0.05, 0) is 30.9 Å². The van der Waals surface area contributed by atoms with Crippen LogP contribution >= 0.6 is 23.2 Å². The van der Waals surface area contributed by atoms with E-state index in [4.69, 9.17) is 23.2 Å². The number of halogens is 3. The van der Waals surface area contributed by atoms with Crippen LogP contribution in [0.1, 0.15) is 44.2 Å². The first-order valence-corrected chi connectivity index (χ1v) is 9.15. The van der Waals surface area contributed by atoms with Gasteiger partial charge in [0.05, 0.1) is 10.7 Å². The molecule has 1 aliphatic rings. The van der Waals surface area contributed by atoms with Crippen molar-refractivity contribution in [3.8, 4) is 11.1 Å². The zero-order chi connectivity index (χ0) is 17.6. The summed E-state index contributed by atoms with van der Waals surface area (Å²) in [6.07, 6.45) is 5.67. The highest BCUT2D eigenvalue weighted by atomic mass is 35.5. The number of rotatable bonds is 2. The van der Waals surface area contributed by atoms with Gasteiger partial charge in [0, 0.05) is 17.0 Å². The third kappa shape index (κ3) is 2.89. The molecule has 3 aromatic rings. The number of aromatic nitrogens is 4. The summed E-state index contributed by atoms with van der Waals surface area (Å²) in [5, 5.41) is 4.84. The Labute approximate surface area is 155 Å². The molecule has 0 aliphatic heterocycles. The van der Waals surface area contributed by atoms with Crippen molar-refractivity contribution in [1.82, 2.24) is 19.6 Å². The Bertz CT molecular complexity index is 912. The fraction of sp³-hybridized carbons (Fsp3) is 0.389. The monoisotopic (exact) mass is 378 g/mol. The molecular weight excluding hydrogens is 362 g/mol. The van der Waals surface area contributed by atoms with Crippen LogP contribution in [-0.2, 0) is 0 Å². The summed E-state index contributed by atoms with van der Waals surface area (Å²) in [7, 11) is 0. The maximum Gasteiger partial charge on any atom is 0.253 e. The minimum atomic E-state index is -0.416. The van der Waals surface area contributed by atoms with Crippen LogP contribution in [0, 0.1) is 11.7 Å². The molecule has 25 heavy (non-hydrogen) atoms. The molecule has 1 saturated carbocycles. The minimum absolute atomic E-state index is 0.209. The van der Waals surface area contributed by atoms with Gasteiger partial charge in [-0.3, -0.25) is 0 Å². The molecule has 2 heterocycles. The van der Waals surface area contributed by atoms with E-state index in [1.807, 2.05) is 0 Å². The van der Waals surface area contributed by atoms with E-state index in [1.165, 1.54) is 12.4 Å². The fourth-order valence-corrected chi connectivity index (χ4v) is 4.24. The average Bonchev–Trinajstić information content (AvgIpc) is 3.03. The highest BCUT2D eigenvalue weighted by Gasteiger charge is 2.29. The second kappa shape index (κ2) is 6.54. The molecule has 0 spiro atoms. The third-order valence-corrected chi connectivity index (χ3v) is 5.62. The van der Waals surface area contributed by atoms with Crippen LogP contribution in [0.15, 0.2) is 24.5 Å². The van der Waals surface area contributed by atoms with E-state index >= 15 is 0 Å². The van der Waals surface area contributed by atoms with Crippen LogP contribution in [0.2, 0.25) is 10.2 Å². The molecule has 0 amide bonds. The number of hydrogen-bond acceptors (Lipinski definition) is 3. The third-order valence-electron chi connectivity index (χ3n) is 5.03. The second-order valence-electron chi connectivity index (χ2n) is 6.69. The summed E-state index contributed by atoms with van der Waals surface area (Å²) in [5.41, 5.74) is 1.67. The van der Waals surface area contributed by atoms with Crippen molar-refractivity contribution in [3.63, 3.8) is 0 Å². The lowest BCUT2D eigenvalue weighted by Crippen LogP contribution is -2.16. The number of fused-ring (bicyclic) bond motifs is 1. The molecular formula is C18H17Cl2FN4. The molecule has 1 fully saturated rings. The number of nitrogens with zero attached hydrogens (tertiary/aromatic N) is 4. The van der Waals surface area contributed by atoms with E-state index < -0.39 is 5.82 Å². The van der Waals surface area contributed by atoms with Gasteiger partial charge >= 0.3 is 0 Å². The summed E-state index contributed by atoms with van der Waals surface area (Å²) in [6, 6.07) is 4.63. The first kappa shape index (κ1) is 16.7. The summed E-state index contributed by atoms with van der Waals surface area (Å²) in [4.78, 5) is 8.45. The van der Waals surface area contributed by atoms with Gasteiger partial charge in [-0.2, -0.15) is 15.1 Å². The van der Waals surface area contributed by atoms with Gasteiger partial charge in [-0.1, -0.05) is 49.0 Å². The Hall–Kier alpha value is -1.72. The summed E-state index contributed by atoms with van der Waals surface area (Å²) < 4.78 is 16.3. The molecule has 130 valence electrons. The topological polar surface area (TPSA) is 43.1 Å². The largest absolute Gasteiger partial charge is 0.253 e. The predicted octanol–water partition coefficient (Wildman–Crippen LogP) is 5.53. The van der Waals surface area contributed by atoms with Gasteiger partial charge in [-0.15, -0.1) is 0 Å². The van der Waals surface area contributed by atoms with Crippen molar-refractivity contribution in [1.29, 1.82) is 0 Å². The summed E-state index contributed by atoms with van der Waals surface area (Å²) in [5.74, 6) is 0.919. The zero-order valence-corrected chi connectivity index (χ0v) is 15.2. The molecule has 7 heteroatoms. The Morgan fingerprint density at radius 2 is 1.88 bits per heavy atom. The number of hydrogen-bond donors (Lipinski definition) is 0. The maximum atomic E-state index is 14.6. The molecule has 0 radical (unpaired) electrons. The van der Waals surface area contributed by atoms with Gasteiger partial charge in [-0.25, -0.2) is 8.91 Å². The molecule has 2 aromatic heterocycles. The smallest absolute Gasteiger partial charge is 0.206 e. The Balaban J connectivity index is 2.00. The second-order valence-corrected chi connectivity index (χ2v) is 7.45. The van der Waals surface area contributed by atoms with Crippen molar-refractivity contribution in [2.45, 2.75) is 38.5 Å². The van der Waals surface area contributed by atoms with Crippen molar-refractivity contribution in [2.24, 2.45) is 5.92 Å². The first-order valence-electron chi connectivity index (χ1n) is 8.39. The summed E-state index contributed by atoms with van der Waals surface area (Å²) >= 11 is 12.8. The minimum Gasteiger partial charge on any atom is -0.206 e. The first-order chi connectivity index (χ1) is 12.1. The van der Waals surface area contributed by atoms with Crippen LogP contribution in [0.4, 0.5) is 4.39 Å².